The van der Waals surface area contributed by atoms with E-state index in [0.717, 1.165) is 30.6 Å². The lowest BCUT2D eigenvalue weighted by molar-refractivity contribution is 0.219. The van der Waals surface area contributed by atoms with E-state index < -0.39 is 5.83 Å². The minimum absolute atomic E-state index is 0.304. The predicted octanol–water partition coefficient (Wildman–Crippen LogP) is 8.12. The Hall–Kier alpha value is -0.840. The van der Waals surface area contributed by atoms with Crippen molar-refractivity contribution in [1.82, 2.24) is 0 Å². The molecule has 0 aromatic rings. The van der Waals surface area contributed by atoms with Gasteiger partial charge in [-0.25, -0.2) is 0 Å². The minimum Gasteiger partial charge on any atom is -0.195 e. The SMILES string of the molecule is CCCCCCCC1CCC(CCC2CCC(/C=C(/F)C#N)CC2)CC1. The molecule has 0 bridgehead atoms. The van der Waals surface area contributed by atoms with Gasteiger partial charge in [-0.1, -0.05) is 84.0 Å². The average Bonchev–Trinajstić information content (AvgIpc) is 2.68. The number of nitriles is 1. The quantitative estimate of drug-likeness (QED) is 0.285. The van der Waals surface area contributed by atoms with Crippen molar-refractivity contribution in [3.8, 4) is 6.07 Å². The fourth-order valence-electron chi connectivity index (χ4n) is 5.20. The van der Waals surface area contributed by atoms with Gasteiger partial charge in [0.15, 0.2) is 5.83 Å². The lowest BCUT2D eigenvalue weighted by Crippen LogP contribution is -2.18. The van der Waals surface area contributed by atoms with Crippen LogP contribution in [0, 0.1) is 35.0 Å². The van der Waals surface area contributed by atoms with E-state index in [9.17, 15) is 4.39 Å². The molecule has 0 radical (unpaired) electrons. The summed E-state index contributed by atoms with van der Waals surface area (Å²) in [6.07, 6.45) is 23.4. The molecule has 1 nitrogen and oxygen atoms in total. The van der Waals surface area contributed by atoms with Gasteiger partial charge in [-0.3, -0.25) is 0 Å². The first-order valence-electron chi connectivity index (χ1n) is 11.5. The third-order valence-electron chi connectivity index (χ3n) is 7.05. The highest BCUT2D eigenvalue weighted by Gasteiger charge is 2.24. The maximum Gasteiger partial charge on any atom is 0.196 e. The Kier molecular flexibility index (Phi) is 10.3. The Morgan fingerprint density at radius 2 is 1.31 bits per heavy atom. The Morgan fingerprint density at radius 1 is 0.808 bits per heavy atom. The monoisotopic (exact) mass is 361 g/mol. The highest BCUT2D eigenvalue weighted by Crippen LogP contribution is 2.38. The average molecular weight is 362 g/mol. The van der Waals surface area contributed by atoms with Crippen LogP contribution in [0.15, 0.2) is 11.9 Å². The van der Waals surface area contributed by atoms with Crippen LogP contribution in [0.1, 0.15) is 110 Å². The van der Waals surface area contributed by atoms with Gasteiger partial charge in [0.25, 0.3) is 0 Å². The van der Waals surface area contributed by atoms with Crippen molar-refractivity contribution in [3.63, 3.8) is 0 Å². The minimum atomic E-state index is -0.587. The number of hydrogen-bond acceptors (Lipinski definition) is 1. The molecule has 26 heavy (non-hydrogen) atoms. The van der Waals surface area contributed by atoms with E-state index in [0.29, 0.717) is 5.92 Å². The summed E-state index contributed by atoms with van der Waals surface area (Å²) in [7, 11) is 0. The molecule has 0 aromatic carbocycles. The molecule has 0 heterocycles. The summed E-state index contributed by atoms with van der Waals surface area (Å²) < 4.78 is 13.1. The van der Waals surface area contributed by atoms with Crippen molar-refractivity contribution < 1.29 is 4.39 Å². The van der Waals surface area contributed by atoms with Gasteiger partial charge >= 0.3 is 0 Å². The largest absolute Gasteiger partial charge is 0.196 e. The van der Waals surface area contributed by atoms with E-state index in [1.165, 1.54) is 89.9 Å². The number of hydrogen-bond donors (Lipinski definition) is 0. The van der Waals surface area contributed by atoms with Crippen LogP contribution in [0.25, 0.3) is 0 Å². The summed E-state index contributed by atoms with van der Waals surface area (Å²) in [4.78, 5) is 0. The van der Waals surface area contributed by atoms with Gasteiger partial charge in [0.05, 0.1) is 0 Å². The van der Waals surface area contributed by atoms with Crippen molar-refractivity contribution in [2.24, 2.45) is 23.7 Å². The normalized spacial score (nSPS) is 30.1. The Labute approximate surface area is 161 Å². The van der Waals surface area contributed by atoms with Crippen molar-refractivity contribution in [3.05, 3.63) is 11.9 Å². The van der Waals surface area contributed by atoms with E-state index in [1.807, 2.05) is 0 Å². The molecule has 0 amide bonds. The second kappa shape index (κ2) is 12.5. The van der Waals surface area contributed by atoms with Gasteiger partial charge in [-0.15, -0.1) is 0 Å². The first-order valence-corrected chi connectivity index (χ1v) is 11.5. The summed E-state index contributed by atoms with van der Waals surface area (Å²) in [6.45, 7) is 2.29. The van der Waals surface area contributed by atoms with E-state index in [2.05, 4.69) is 6.92 Å². The Morgan fingerprint density at radius 3 is 1.85 bits per heavy atom. The van der Waals surface area contributed by atoms with E-state index >= 15 is 0 Å². The van der Waals surface area contributed by atoms with Crippen LogP contribution in [0.4, 0.5) is 4.39 Å². The molecule has 148 valence electrons. The third kappa shape index (κ3) is 8.24. The highest BCUT2D eigenvalue weighted by molar-refractivity contribution is 5.13. The predicted molar refractivity (Wildman–Crippen MR) is 108 cm³/mol. The van der Waals surface area contributed by atoms with Gasteiger partial charge in [0, 0.05) is 0 Å². The zero-order chi connectivity index (χ0) is 18.6. The zero-order valence-corrected chi connectivity index (χ0v) is 17.0. The number of allylic oxidation sites excluding steroid dienone is 2. The number of nitrogens with zero attached hydrogens (tertiary/aromatic N) is 1. The Bertz CT molecular complexity index is 434. The van der Waals surface area contributed by atoms with Gasteiger partial charge in [0.2, 0.25) is 0 Å². The molecule has 0 saturated heterocycles. The molecule has 2 heteroatoms. The van der Waals surface area contributed by atoms with Crippen LogP contribution in [0.5, 0.6) is 0 Å². The van der Waals surface area contributed by atoms with Crippen LogP contribution in [-0.4, -0.2) is 0 Å². The molecule has 2 aliphatic carbocycles. The van der Waals surface area contributed by atoms with Gasteiger partial charge in [-0.2, -0.15) is 9.65 Å². The van der Waals surface area contributed by atoms with Crippen LogP contribution in [-0.2, 0) is 0 Å². The molecule has 0 atom stereocenters. The fourth-order valence-corrected chi connectivity index (χ4v) is 5.20. The van der Waals surface area contributed by atoms with Crippen molar-refractivity contribution in [2.45, 2.75) is 110 Å². The summed E-state index contributed by atoms with van der Waals surface area (Å²) in [5.41, 5.74) is 0. The summed E-state index contributed by atoms with van der Waals surface area (Å²) in [5.74, 6) is 2.56. The maximum atomic E-state index is 13.1. The number of unbranched alkanes of at least 4 members (excludes halogenated alkanes) is 4. The first kappa shape index (κ1) is 21.5. The summed E-state index contributed by atoms with van der Waals surface area (Å²) in [6, 6.07) is 1.61. The topological polar surface area (TPSA) is 23.8 Å². The molecule has 0 unspecified atom stereocenters. The lowest BCUT2D eigenvalue weighted by atomic mass is 9.75. The van der Waals surface area contributed by atoms with Crippen LogP contribution in [0.2, 0.25) is 0 Å². The Balaban J connectivity index is 1.52. The molecule has 0 spiro atoms. The highest BCUT2D eigenvalue weighted by atomic mass is 19.1. The van der Waals surface area contributed by atoms with Crippen molar-refractivity contribution >= 4 is 0 Å². The van der Waals surface area contributed by atoms with Crippen LogP contribution < -0.4 is 0 Å². The molecule has 2 rings (SSSR count). The maximum absolute atomic E-state index is 13.1. The zero-order valence-electron chi connectivity index (χ0n) is 17.0. The number of halogens is 1. The van der Waals surface area contributed by atoms with Crippen LogP contribution in [0.3, 0.4) is 0 Å². The molecule has 0 aromatic heterocycles. The second-order valence-electron chi connectivity index (χ2n) is 9.07. The third-order valence-corrected chi connectivity index (χ3v) is 7.05. The first-order chi connectivity index (χ1) is 12.7. The van der Waals surface area contributed by atoms with Gasteiger partial charge in [-0.05, 0) is 55.4 Å². The van der Waals surface area contributed by atoms with Crippen molar-refractivity contribution in [1.29, 1.82) is 5.26 Å². The summed E-state index contributed by atoms with van der Waals surface area (Å²) in [5, 5.41) is 8.55. The van der Waals surface area contributed by atoms with Gasteiger partial charge in [0.1, 0.15) is 6.07 Å². The molecule has 0 aliphatic heterocycles. The molecular formula is C24H40FN. The van der Waals surface area contributed by atoms with E-state index in [1.54, 1.807) is 12.1 Å². The molecule has 2 saturated carbocycles. The summed E-state index contributed by atoms with van der Waals surface area (Å²) >= 11 is 0. The van der Waals surface area contributed by atoms with Crippen molar-refractivity contribution in [2.75, 3.05) is 0 Å². The number of rotatable bonds is 10. The fraction of sp³-hybridized carbons (Fsp3) is 0.875. The second-order valence-corrected chi connectivity index (χ2v) is 9.07. The molecule has 0 N–H and O–H groups in total. The molecular weight excluding hydrogens is 321 g/mol. The smallest absolute Gasteiger partial charge is 0.195 e. The molecule has 2 fully saturated rings. The van der Waals surface area contributed by atoms with E-state index in [4.69, 9.17) is 5.26 Å². The standard InChI is InChI=1S/C24H40FN/c1-2-3-4-5-6-7-20-8-10-21(11-9-20)12-13-22-14-16-23(17-15-22)18-24(25)19-26/h18,20-23H,2-17H2,1H3/b24-18+. The van der Waals surface area contributed by atoms with Crippen LogP contribution >= 0.6 is 0 Å². The van der Waals surface area contributed by atoms with Gasteiger partial charge < -0.3 is 0 Å². The van der Waals surface area contributed by atoms with E-state index in [-0.39, 0.29) is 0 Å². The lowest BCUT2D eigenvalue weighted by Gasteiger charge is -2.31. The molecule has 2 aliphatic rings.